The van der Waals surface area contributed by atoms with Gasteiger partial charge in [-0.3, -0.25) is 0 Å². The number of aromatic nitrogens is 3. The Balaban J connectivity index is 2.01. The number of hydrogen-bond acceptors (Lipinski definition) is 3. The smallest absolute Gasteiger partial charge is 0.123 e. The predicted octanol–water partition coefficient (Wildman–Crippen LogP) is 3.44. The van der Waals surface area contributed by atoms with Crippen molar-refractivity contribution in [2.45, 2.75) is 58.5 Å². The van der Waals surface area contributed by atoms with Crippen LogP contribution in [0, 0.1) is 5.82 Å². The molecule has 0 unspecified atom stereocenters. The third-order valence-electron chi connectivity index (χ3n) is 3.87. The Morgan fingerprint density at radius 3 is 2.50 bits per heavy atom. The molecule has 0 saturated heterocycles. The Labute approximate surface area is 131 Å². The minimum Gasteiger partial charge on any atom is -0.325 e. The van der Waals surface area contributed by atoms with Gasteiger partial charge in [0.1, 0.15) is 5.82 Å². The van der Waals surface area contributed by atoms with E-state index in [0.717, 1.165) is 29.9 Å². The highest BCUT2D eigenvalue weighted by Crippen LogP contribution is 2.14. The molecule has 0 amide bonds. The predicted molar refractivity (Wildman–Crippen MR) is 85.9 cm³/mol. The highest BCUT2D eigenvalue weighted by molar-refractivity contribution is 5.24. The molecule has 0 bridgehead atoms. The Morgan fingerprint density at radius 1 is 1.09 bits per heavy atom. The Kier molecular flexibility index (Phi) is 6.52. The van der Waals surface area contributed by atoms with E-state index in [1.54, 1.807) is 12.1 Å². The molecule has 0 saturated carbocycles. The third kappa shape index (κ3) is 4.63. The average Bonchev–Trinajstić information content (AvgIpc) is 2.91. The van der Waals surface area contributed by atoms with E-state index in [2.05, 4.69) is 17.2 Å². The van der Waals surface area contributed by atoms with E-state index in [9.17, 15) is 4.39 Å². The fourth-order valence-electron chi connectivity index (χ4n) is 2.56. The zero-order chi connectivity index (χ0) is 15.8. The Morgan fingerprint density at radius 2 is 1.82 bits per heavy atom. The van der Waals surface area contributed by atoms with E-state index >= 15 is 0 Å². The van der Waals surface area contributed by atoms with Gasteiger partial charge in [0.15, 0.2) is 0 Å². The minimum absolute atomic E-state index is 0.217. The molecule has 0 aliphatic heterocycles. The van der Waals surface area contributed by atoms with Gasteiger partial charge in [0.05, 0.1) is 11.4 Å². The first-order valence-electron chi connectivity index (χ1n) is 8.10. The van der Waals surface area contributed by atoms with Gasteiger partial charge in [0, 0.05) is 19.5 Å². The van der Waals surface area contributed by atoms with Crippen molar-refractivity contribution in [3.8, 4) is 0 Å². The van der Waals surface area contributed by atoms with Crippen LogP contribution in [0.2, 0.25) is 0 Å². The van der Waals surface area contributed by atoms with Gasteiger partial charge in [-0.1, -0.05) is 50.0 Å². The lowest BCUT2D eigenvalue weighted by Crippen LogP contribution is -2.09. The molecule has 0 aliphatic carbocycles. The number of aryl methyl sites for hydroxylation is 1. The van der Waals surface area contributed by atoms with Crippen LogP contribution in [-0.2, 0) is 19.5 Å². The van der Waals surface area contributed by atoms with Gasteiger partial charge in [0.25, 0.3) is 0 Å². The number of halogens is 1. The first-order chi connectivity index (χ1) is 10.7. The van der Waals surface area contributed by atoms with Crippen LogP contribution in [0.1, 0.15) is 56.0 Å². The standard InChI is InChI=1S/C17H25FN4/c1-2-3-4-5-6-11-22-17(16(13-19)20-21-22)12-14-7-9-15(18)10-8-14/h7-10H,2-6,11-13,19H2,1H3. The van der Waals surface area contributed by atoms with E-state index in [-0.39, 0.29) is 5.82 Å². The van der Waals surface area contributed by atoms with E-state index in [1.165, 1.54) is 37.8 Å². The highest BCUT2D eigenvalue weighted by atomic mass is 19.1. The van der Waals surface area contributed by atoms with Crippen molar-refractivity contribution in [2.75, 3.05) is 0 Å². The molecular formula is C17H25FN4. The fraction of sp³-hybridized carbons (Fsp3) is 0.529. The minimum atomic E-state index is -0.217. The van der Waals surface area contributed by atoms with Gasteiger partial charge in [-0.05, 0) is 24.1 Å². The SMILES string of the molecule is CCCCCCCn1nnc(CN)c1Cc1ccc(F)cc1. The molecule has 120 valence electrons. The summed E-state index contributed by atoms with van der Waals surface area (Å²) in [5.41, 5.74) is 8.68. The molecule has 5 heteroatoms. The summed E-state index contributed by atoms with van der Waals surface area (Å²) in [7, 11) is 0. The van der Waals surface area contributed by atoms with Crippen LogP contribution in [0.4, 0.5) is 4.39 Å². The van der Waals surface area contributed by atoms with E-state index < -0.39 is 0 Å². The van der Waals surface area contributed by atoms with Crippen LogP contribution in [0.3, 0.4) is 0 Å². The number of hydrogen-bond donors (Lipinski definition) is 1. The number of benzene rings is 1. The van der Waals surface area contributed by atoms with Gasteiger partial charge in [-0.15, -0.1) is 5.10 Å². The topological polar surface area (TPSA) is 56.7 Å². The van der Waals surface area contributed by atoms with E-state index in [1.807, 2.05) is 4.68 Å². The molecule has 2 N–H and O–H groups in total. The first-order valence-corrected chi connectivity index (χ1v) is 8.10. The van der Waals surface area contributed by atoms with Crippen molar-refractivity contribution in [2.24, 2.45) is 5.73 Å². The number of unbranched alkanes of at least 4 members (excludes halogenated alkanes) is 4. The molecule has 4 nitrogen and oxygen atoms in total. The number of nitrogens with zero attached hydrogens (tertiary/aromatic N) is 3. The van der Waals surface area contributed by atoms with Crippen LogP contribution >= 0.6 is 0 Å². The Hall–Kier alpha value is -1.75. The molecule has 1 aromatic carbocycles. The molecule has 2 aromatic rings. The zero-order valence-electron chi connectivity index (χ0n) is 13.3. The summed E-state index contributed by atoms with van der Waals surface area (Å²) < 4.78 is 15.0. The molecule has 0 fully saturated rings. The summed E-state index contributed by atoms with van der Waals surface area (Å²) in [5, 5.41) is 8.41. The van der Waals surface area contributed by atoms with Gasteiger partial charge in [-0.25, -0.2) is 9.07 Å². The molecule has 0 spiro atoms. The summed E-state index contributed by atoms with van der Waals surface area (Å²) in [5.74, 6) is -0.217. The van der Waals surface area contributed by atoms with Crippen molar-refractivity contribution in [1.29, 1.82) is 0 Å². The van der Waals surface area contributed by atoms with E-state index in [4.69, 9.17) is 5.73 Å². The summed E-state index contributed by atoms with van der Waals surface area (Å²) >= 11 is 0. The zero-order valence-corrected chi connectivity index (χ0v) is 13.3. The largest absolute Gasteiger partial charge is 0.325 e. The van der Waals surface area contributed by atoms with Crippen molar-refractivity contribution in [1.82, 2.24) is 15.0 Å². The monoisotopic (exact) mass is 304 g/mol. The quantitative estimate of drug-likeness (QED) is 0.722. The molecular weight excluding hydrogens is 279 g/mol. The van der Waals surface area contributed by atoms with Crippen LogP contribution < -0.4 is 5.73 Å². The molecule has 2 rings (SSSR count). The number of nitrogens with two attached hydrogens (primary N) is 1. The van der Waals surface area contributed by atoms with Crippen LogP contribution in [0.5, 0.6) is 0 Å². The van der Waals surface area contributed by atoms with Gasteiger partial charge in [-0.2, -0.15) is 0 Å². The lowest BCUT2D eigenvalue weighted by molar-refractivity contribution is 0.509. The maximum absolute atomic E-state index is 13.0. The molecule has 0 radical (unpaired) electrons. The summed E-state index contributed by atoms with van der Waals surface area (Å²) in [4.78, 5) is 0. The normalized spacial score (nSPS) is 11.0. The van der Waals surface area contributed by atoms with Crippen LogP contribution in [0.25, 0.3) is 0 Å². The van der Waals surface area contributed by atoms with Crippen molar-refractivity contribution in [3.05, 3.63) is 47.0 Å². The molecule has 1 aromatic heterocycles. The summed E-state index contributed by atoms with van der Waals surface area (Å²) in [6.45, 7) is 3.46. The van der Waals surface area contributed by atoms with Gasteiger partial charge < -0.3 is 5.73 Å². The van der Waals surface area contributed by atoms with Gasteiger partial charge in [0.2, 0.25) is 0 Å². The van der Waals surface area contributed by atoms with Crippen molar-refractivity contribution >= 4 is 0 Å². The van der Waals surface area contributed by atoms with E-state index in [0.29, 0.717) is 13.0 Å². The second-order valence-electron chi connectivity index (χ2n) is 5.63. The maximum Gasteiger partial charge on any atom is 0.123 e. The molecule has 1 heterocycles. The molecule has 0 atom stereocenters. The first kappa shape index (κ1) is 16.6. The second kappa shape index (κ2) is 8.63. The maximum atomic E-state index is 13.0. The lowest BCUT2D eigenvalue weighted by atomic mass is 10.1. The average molecular weight is 304 g/mol. The van der Waals surface area contributed by atoms with Crippen LogP contribution in [0.15, 0.2) is 24.3 Å². The van der Waals surface area contributed by atoms with Crippen LogP contribution in [-0.4, -0.2) is 15.0 Å². The fourth-order valence-corrected chi connectivity index (χ4v) is 2.56. The summed E-state index contributed by atoms with van der Waals surface area (Å²) in [6, 6.07) is 6.56. The molecule has 0 aliphatic rings. The van der Waals surface area contributed by atoms with Crippen molar-refractivity contribution in [3.63, 3.8) is 0 Å². The van der Waals surface area contributed by atoms with Gasteiger partial charge >= 0.3 is 0 Å². The van der Waals surface area contributed by atoms with Crippen molar-refractivity contribution < 1.29 is 4.39 Å². The second-order valence-corrected chi connectivity index (χ2v) is 5.63. The lowest BCUT2D eigenvalue weighted by Gasteiger charge is -2.08. The summed E-state index contributed by atoms with van der Waals surface area (Å²) in [6.07, 6.45) is 6.80. The Bertz CT molecular complexity index is 563. The highest BCUT2D eigenvalue weighted by Gasteiger charge is 2.12. The third-order valence-corrected chi connectivity index (χ3v) is 3.87. The number of rotatable bonds is 9. The molecule has 22 heavy (non-hydrogen) atoms.